The molecule has 0 aliphatic carbocycles. The number of hydrogen-bond acceptors (Lipinski definition) is 4. The smallest absolute Gasteiger partial charge is 0.268 e. The topological polar surface area (TPSA) is 103 Å². The first kappa shape index (κ1) is 16.7. The van der Waals surface area contributed by atoms with Gasteiger partial charge in [-0.1, -0.05) is 0 Å². The van der Waals surface area contributed by atoms with Gasteiger partial charge in [0, 0.05) is 25.4 Å². The molecule has 0 aliphatic rings. The molecule has 0 bridgehead atoms. The summed E-state index contributed by atoms with van der Waals surface area (Å²) in [7, 11) is -2.32. The molecule has 7 nitrogen and oxygen atoms in total. The van der Waals surface area contributed by atoms with E-state index >= 15 is 0 Å². The van der Waals surface area contributed by atoms with Crippen LogP contribution < -0.4 is 10.5 Å². The van der Waals surface area contributed by atoms with E-state index in [4.69, 9.17) is 9.88 Å². The van der Waals surface area contributed by atoms with Crippen molar-refractivity contribution in [3.63, 3.8) is 0 Å². The number of ether oxygens (including phenoxy) is 1. The average Bonchev–Trinajstić information content (AvgIpc) is 2.67. The maximum atomic E-state index is 12.2. The van der Waals surface area contributed by atoms with Crippen molar-refractivity contribution in [2.45, 2.75) is 37.8 Å². The molecule has 0 unspecified atom stereocenters. The summed E-state index contributed by atoms with van der Waals surface area (Å²) in [6.07, 6.45) is 1.34. The molecule has 0 saturated heterocycles. The third kappa shape index (κ3) is 4.62. The number of nitrogens with zero attached hydrogens (tertiary/aromatic N) is 1. The Labute approximate surface area is 119 Å². The van der Waals surface area contributed by atoms with Crippen molar-refractivity contribution in [2.75, 3.05) is 13.7 Å². The maximum absolute atomic E-state index is 12.2. The molecule has 0 atom stereocenters. The number of aromatic nitrogens is 1. The number of methoxy groups -OCH3 is 1. The predicted molar refractivity (Wildman–Crippen MR) is 74.9 cm³/mol. The number of carbonyl (C=O) groups is 1. The first-order chi connectivity index (χ1) is 9.04. The summed E-state index contributed by atoms with van der Waals surface area (Å²) in [6.45, 7) is 6.24. The Hall–Kier alpha value is -1.38. The molecule has 114 valence electrons. The highest BCUT2D eigenvalue weighted by Gasteiger charge is 2.22. The van der Waals surface area contributed by atoms with Gasteiger partial charge >= 0.3 is 0 Å². The molecule has 1 aromatic rings. The third-order valence-electron chi connectivity index (χ3n) is 2.46. The number of nitrogens with one attached hydrogen (secondary N) is 1. The first-order valence-electron chi connectivity index (χ1n) is 6.09. The molecular formula is C12H21N3O4S. The summed E-state index contributed by atoms with van der Waals surface area (Å²) >= 11 is 0. The van der Waals surface area contributed by atoms with E-state index in [1.807, 2.05) is 20.8 Å². The molecular weight excluding hydrogens is 282 g/mol. The lowest BCUT2D eigenvalue weighted by Crippen LogP contribution is -2.41. The molecule has 1 heterocycles. The van der Waals surface area contributed by atoms with Crippen LogP contribution in [0.2, 0.25) is 0 Å². The molecule has 3 N–H and O–H groups in total. The van der Waals surface area contributed by atoms with E-state index in [0.717, 1.165) is 0 Å². The number of amides is 1. The Morgan fingerprint density at radius 1 is 1.45 bits per heavy atom. The molecule has 0 saturated carbocycles. The van der Waals surface area contributed by atoms with Crippen molar-refractivity contribution in [3.05, 3.63) is 18.0 Å². The van der Waals surface area contributed by atoms with Gasteiger partial charge in [0.2, 0.25) is 10.0 Å². The average molecular weight is 303 g/mol. The van der Waals surface area contributed by atoms with Crippen LogP contribution in [0.25, 0.3) is 0 Å². The minimum Gasteiger partial charge on any atom is -0.383 e. The number of nitrogens with two attached hydrogens (primary N) is 1. The van der Waals surface area contributed by atoms with Crippen molar-refractivity contribution >= 4 is 15.9 Å². The van der Waals surface area contributed by atoms with E-state index in [1.54, 1.807) is 0 Å². The SMILES string of the molecule is COCCn1cc(S(N)(=O)=O)cc1C(=O)NC(C)(C)C. The molecule has 0 radical (unpaired) electrons. The highest BCUT2D eigenvalue weighted by atomic mass is 32.2. The second-order valence-electron chi connectivity index (χ2n) is 5.50. The summed E-state index contributed by atoms with van der Waals surface area (Å²) < 4.78 is 29.2. The molecule has 1 rings (SSSR count). The molecule has 0 aliphatic heterocycles. The standard InChI is InChI=1S/C12H21N3O4S/c1-12(2,3)14-11(16)10-7-9(20(13,17)18)8-15(10)5-6-19-4/h7-8H,5-6H2,1-4H3,(H,14,16)(H2,13,17,18). The van der Waals surface area contributed by atoms with Crippen LogP contribution in [0, 0.1) is 0 Å². The van der Waals surface area contributed by atoms with Crippen molar-refractivity contribution < 1.29 is 17.9 Å². The van der Waals surface area contributed by atoms with E-state index in [9.17, 15) is 13.2 Å². The predicted octanol–water partition coefficient (Wildman–Crippen LogP) is 0.310. The van der Waals surface area contributed by atoms with Crippen LogP contribution in [0.3, 0.4) is 0 Å². The zero-order valence-electron chi connectivity index (χ0n) is 12.1. The van der Waals surface area contributed by atoms with Gasteiger partial charge in [-0.25, -0.2) is 13.6 Å². The fraction of sp³-hybridized carbons (Fsp3) is 0.583. The van der Waals surface area contributed by atoms with E-state index in [0.29, 0.717) is 13.2 Å². The van der Waals surface area contributed by atoms with Crippen LogP contribution in [0.4, 0.5) is 0 Å². The molecule has 20 heavy (non-hydrogen) atoms. The van der Waals surface area contributed by atoms with E-state index in [-0.39, 0.29) is 16.5 Å². The summed E-state index contributed by atoms with van der Waals surface area (Å²) in [4.78, 5) is 12.1. The number of hydrogen-bond donors (Lipinski definition) is 2. The van der Waals surface area contributed by atoms with Gasteiger partial charge in [-0.05, 0) is 26.8 Å². The van der Waals surface area contributed by atoms with Crippen LogP contribution in [-0.4, -0.2) is 38.1 Å². The van der Waals surface area contributed by atoms with Gasteiger partial charge in [0.25, 0.3) is 5.91 Å². The second kappa shape index (κ2) is 5.94. The molecule has 0 aromatic carbocycles. The molecule has 8 heteroatoms. The van der Waals surface area contributed by atoms with Gasteiger partial charge in [-0.15, -0.1) is 0 Å². The lowest BCUT2D eigenvalue weighted by molar-refractivity contribution is 0.0907. The molecule has 1 aromatic heterocycles. The number of rotatable bonds is 5. The van der Waals surface area contributed by atoms with Crippen LogP contribution in [-0.2, 0) is 21.3 Å². The number of primary sulfonamides is 1. The van der Waals surface area contributed by atoms with Gasteiger partial charge in [0.05, 0.1) is 6.61 Å². The van der Waals surface area contributed by atoms with Crippen molar-refractivity contribution in [2.24, 2.45) is 5.14 Å². The Balaban J connectivity index is 3.15. The lowest BCUT2D eigenvalue weighted by Gasteiger charge is -2.21. The number of carbonyl (C=O) groups excluding carboxylic acids is 1. The Bertz CT molecular complexity index is 584. The first-order valence-corrected chi connectivity index (χ1v) is 7.63. The van der Waals surface area contributed by atoms with Crippen LogP contribution in [0.5, 0.6) is 0 Å². The molecule has 0 fully saturated rings. The van der Waals surface area contributed by atoms with Crippen molar-refractivity contribution in [1.29, 1.82) is 0 Å². The largest absolute Gasteiger partial charge is 0.383 e. The quantitative estimate of drug-likeness (QED) is 0.817. The van der Waals surface area contributed by atoms with Gasteiger partial charge in [0.1, 0.15) is 10.6 Å². The highest BCUT2D eigenvalue weighted by Crippen LogP contribution is 2.14. The zero-order chi connectivity index (χ0) is 15.6. The summed E-state index contributed by atoms with van der Waals surface area (Å²) in [6, 6.07) is 1.27. The summed E-state index contributed by atoms with van der Waals surface area (Å²) in [5.41, 5.74) is -0.184. The number of sulfonamides is 1. The van der Waals surface area contributed by atoms with Crippen molar-refractivity contribution in [3.8, 4) is 0 Å². The van der Waals surface area contributed by atoms with E-state index < -0.39 is 15.6 Å². The minimum absolute atomic E-state index is 0.0901. The van der Waals surface area contributed by atoms with Gasteiger partial charge in [-0.3, -0.25) is 4.79 Å². The van der Waals surface area contributed by atoms with Gasteiger partial charge in [-0.2, -0.15) is 0 Å². The maximum Gasteiger partial charge on any atom is 0.268 e. The van der Waals surface area contributed by atoms with E-state index in [2.05, 4.69) is 5.32 Å². The van der Waals surface area contributed by atoms with Crippen molar-refractivity contribution in [1.82, 2.24) is 9.88 Å². The van der Waals surface area contributed by atoms with Gasteiger partial charge in [0.15, 0.2) is 0 Å². The minimum atomic E-state index is -3.85. The fourth-order valence-corrected chi connectivity index (χ4v) is 2.16. The highest BCUT2D eigenvalue weighted by molar-refractivity contribution is 7.89. The van der Waals surface area contributed by atoms with Gasteiger partial charge < -0.3 is 14.6 Å². The normalized spacial score (nSPS) is 12.4. The molecule has 0 spiro atoms. The van der Waals surface area contributed by atoms with E-state index in [1.165, 1.54) is 23.9 Å². The monoisotopic (exact) mass is 303 g/mol. The lowest BCUT2D eigenvalue weighted by atomic mass is 10.1. The Morgan fingerprint density at radius 3 is 2.50 bits per heavy atom. The Morgan fingerprint density at radius 2 is 2.05 bits per heavy atom. The Kier molecular flexibility index (Phi) is 4.95. The van der Waals surface area contributed by atoms with Crippen LogP contribution >= 0.6 is 0 Å². The fourth-order valence-electron chi connectivity index (χ4n) is 1.61. The van der Waals surface area contributed by atoms with Crippen LogP contribution in [0.1, 0.15) is 31.3 Å². The second-order valence-corrected chi connectivity index (χ2v) is 7.06. The molecule has 1 amide bonds. The summed E-state index contributed by atoms with van der Waals surface area (Å²) in [5, 5.41) is 7.87. The summed E-state index contributed by atoms with van der Waals surface area (Å²) in [5.74, 6) is -0.358. The third-order valence-corrected chi connectivity index (χ3v) is 3.34. The van der Waals surface area contributed by atoms with Crippen LogP contribution in [0.15, 0.2) is 17.2 Å². The zero-order valence-corrected chi connectivity index (χ0v) is 13.0.